The predicted molar refractivity (Wildman–Crippen MR) is 134 cm³/mol. The van der Waals surface area contributed by atoms with E-state index < -0.39 is 0 Å². The second-order valence-corrected chi connectivity index (χ2v) is 13.7. The lowest BCUT2D eigenvalue weighted by molar-refractivity contribution is -0.383. The van der Waals surface area contributed by atoms with E-state index in [0.717, 1.165) is 64.9 Å². The van der Waals surface area contributed by atoms with Crippen LogP contribution in [0.4, 0.5) is 11.6 Å². The van der Waals surface area contributed by atoms with Crippen molar-refractivity contribution in [2.45, 2.75) is 45.6 Å². The monoisotopic (exact) mass is 504 g/mol. The van der Waals surface area contributed by atoms with Crippen LogP contribution >= 0.6 is 0 Å². The maximum atomic E-state index is 10.1. The summed E-state index contributed by atoms with van der Waals surface area (Å²) >= 11 is 0. The molecule has 9 heteroatoms. The van der Waals surface area contributed by atoms with Crippen LogP contribution in [0.1, 0.15) is 35.5 Å². The number of methoxy groups -OCH3 is 1. The molecule has 8 aliphatic rings. The molecule has 9 nitrogen and oxygen atoms in total. The van der Waals surface area contributed by atoms with Gasteiger partial charge in [-0.1, -0.05) is 0 Å². The Labute approximate surface area is 219 Å². The molecule has 2 spiro atoms. The molecule has 6 atom stereocenters. The molecule has 3 heterocycles. The van der Waals surface area contributed by atoms with E-state index in [9.17, 15) is 5.26 Å². The highest BCUT2D eigenvalue weighted by Gasteiger charge is 3.31. The first-order valence-electron chi connectivity index (χ1n) is 14.1. The lowest BCUT2D eigenvalue weighted by atomic mass is 9.16. The summed E-state index contributed by atoms with van der Waals surface area (Å²) in [6, 6.07) is 4.81. The highest BCUT2D eigenvalue weighted by molar-refractivity contribution is 5.81. The molecule has 190 valence electrons. The minimum atomic E-state index is 0.0838. The van der Waals surface area contributed by atoms with E-state index in [1.165, 1.54) is 24.1 Å². The maximum Gasteiger partial charge on any atom is 0.163 e. The van der Waals surface area contributed by atoms with Crippen LogP contribution < -0.4 is 10.1 Å². The Morgan fingerprint density at radius 1 is 1.08 bits per heavy atom. The smallest absolute Gasteiger partial charge is 0.163 e. The van der Waals surface area contributed by atoms with Crippen molar-refractivity contribution in [3.63, 3.8) is 0 Å². The molecule has 0 bridgehead atoms. The third-order valence-corrected chi connectivity index (χ3v) is 13.1. The summed E-state index contributed by atoms with van der Waals surface area (Å²) in [5.74, 6) is 8.46. The van der Waals surface area contributed by atoms with Gasteiger partial charge in [-0.3, -0.25) is 0 Å². The molecule has 1 N–H and O–H groups in total. The number of ether oxygens (including phenoxy) is 1. The summed E-state index contributed by atoms with van der Waals surface area (Å²) in [6.07, 6.45) is 4.16. The summed E-state index contributed by atoms with van der Waals surface area (Å²) in [6.45, 7) is 7.16. The summed E-state index contributed by atoms with van der Waals surface area (Å²) in [5, 5.41) is 23.8. The molecule has 0 aromatic carbocycles. The second kappa shape index (κ2) is 5.11. The number of fused-ring (bicyclic) bond motifs is 6. The van der Waals surface area contributed by atoms with Gasteiger partial charge in [0.2, 0.25) is 0 Å². The first-order chi connectivity index (χ1) is 18.5. The normalized spacial score (nSPS) is 47.1. The lowest BCUT2D eigenvalue weighted by Crippen LogP contribution is -2.86. The standard InChI is InChI=1S/C29H28N8O/c1-11-22(27-20-18-26(9-30)19-21(27)29(19)24(26)28(18,20)25(27)29)35-36(8-14-5-6-14)23(11)33-15-7-16(32-10-31-15)37-13(3)17(38-4)12(2)34-37/h7,10,14,18-21,24-25H,5-6,8H2,1-4H3,(H,31,32,33). The molecular formula is C29H28N8O. The highest BCUT2D eigenvalue weighted by Crippen LogP contribution is 3.30. The predicted octanol–water partition coefficient (Wildman–Crippen LogP) is 3.46. The Balaban J connectivity index is 0.992. The first-order valence-corrected chi connectivity index (χ1v) is 14.1. The van der Waals surface area contributed by atoms with Gasteiger partial charge < -0.3 is 10.1 Å². The van der Waals surface area contributed by atoms with Crippen molar-refractivity contribution in [2.24, 2.45) is 57.7 Å². The molecule has 3 aromatic heterocycles. The van der Waals surface area contributed by atoms with Crippen LogP contribution in [-0.2, 0) is 12.0 Å². The van der Waals surface area contributed by atoms with Gasteiger partial charge in [-0.05, 0) is 85.9 Å². The van der Waals surface area contributed by atoms with Crippen molar-refractivity contribution < 1.29 is 4.74 Å². The van der Waals surface area contributed by atoms with Crippen LogP contribution in [0.5, 0.6) is 5.75 Å². The van der Waals surface area contributed by atoms with Gasteiger partial charge in [-0.15, -0.1) is 0 Å². The van der Waals surface area contributed by atoms with Crippen LogP contribution in [0, 0.1) is 89.8 Å². The number of hydrogen-bond acceptors (Lipinski definition) is 7. The van der Waals surface area contributed by atoms with Gasteiger partial charge in [-0.2, -0.15) is 15.5 Å². The van der Waals surface area contributed by atoms with E-state index in [1.54, 1.807) is 13.4 Å². The number of rotatable bonds is 7. The zero-order chi connectivity index (χ0) is 25.3. The van der Waals surface area contributed by atoms with Gasteiger partial charge >= 0.3 is 0 Å². The Hall–Kier alpha value is -3.41. The average Bonchev–Trinajstić information content (AvgIpc) is 3.82. The zero-order valence-electron chi connectivity index (χ0n) is 21.9. The fourth-order valence-corrected chi connectivity index (χ4v) is 12.8. The number of anilines is 2. The molecule has 0 radical (unpaired) electrons. The van der Waals surface area contributed by atoms with Crippen LogP contribution in [0.25, 0.3) is 5.82 Å². The van der Waals surface area contributed by atoms with Gasteiger partial charge in [0, 0.05) is 23.6 Å². The summed E-state index contributed by atoms with van der Waals surface area (Å²) in [4.78, 5) is 9.09. The number of nitriles is 1. The number of nitrogens with one attached hydrogen (secondary N) is 1. The van der Waals surface area contributed by atoms with E-state index >= 15 is 0 Å². The highest BCUT2D eigenvalue weighted by atomic mass is 16.5. The number of nitrogens with zero attached hydrogens (tertiary/aromatic N) is 7. The topological polar surface area (TPSA) is 106 Å². The molecule has 8 fully saturated rings. The Kier molecular flexibility index (Phi) is 2.64. The average molecular weight is 505 g/mol. The first kappa shape index (κ1) is 19.6. The summed E-state index contributed by atoms with van der Waals surface area (Å²) in [5.41, 5.74) is 5.88. The van der Waals surface area contributed by atoms with Gasteiger partial charge in [0.25, 0.3) is 0 Å². The summed E-state index contributed by atoms with van der Waals surface area (Å²) < 4.78 is 9.59. The van der Waals surface area contributed by atoms with Crippen LogP contribution in [0.3, 0.4) is 0 Å². The van der Waals surface area contributed by atoms with E-state index in [-0.39, 0.29) is 10.8 Å². The van der Waals surface area contributed by atoms with Gasteiger partial charge in [-0.25, -0.2) is 19.3 Å². The molecule has 0 saturated heterocycles. The molecule has 38 heavy (non-hydrogen) atoms. The maximum absolute atomic E-state index is 10.1. The lowest BCUT2D eigenvalue weighted by Gasteiger charge is -2.85. The van der Waals surface area contributed by atoms with Crippen molar-refractivity contribution in [1.82, 2.24) is 29.5 Å². The minimum absolute atomic E-state index is 0.0838. The quantitative estimate of drug-likeness (QED) is 0.525. The summed E-state index contributed by atoms with van der Waals surface area (Å²) in [7, 11) is 1.67. The zero-order valence-corrected chi connectivity index (χ0v) is 21.9. The molecule has 0 aliphatic heterocycles. The molecular weight excluding hydrogens is 476 g/mol. The fraction of sp³-hybridized carbons (Fsp3) is 0.621. The van der Waals surface area contributed by atoms with Crippen molar-refractivity contribution in [2.75, 3.05) is 12.4 Å². The minimum Gasteiger partial charge on any atom is -0.493 e. The van der Waals surface area contributed by atoms with E-state index in [4.69, 9.17) is 9.84 Å². The van der Waals surface area contributed by atoms with Crippen molar-refractivity contribution in [3.8, 4) is 17.6 Å². The fourth-order valence-electron chi connectivity index (χ4n) is 12.8. The molecule has 0 amide bonds. The number of aryl methyl sites for hydroxylation is 1. The van der Waals surface area contributed by atoms with Gasteiger partial charge in [0.1, 0.15) is 23.7 Å². The Morgan fingerprint density at radius 2 is 1.84 bits per heavy atom. The van der Waals surface area contributed by atoms with Gasteiger partial charge in [0.05, 0.1) is 30.0 Å². The largest absolute Gasteiger partial charge is 0.493 e. The molecule has 8 saturated carbocycles. The number of hydrogen-bond donors (Lipinski definition) is 1. The molecule has 8 aliphatic carbocycles. The molecule has 11 rings (SSSR count). The third-order valence-electron chi connectivity index (χ3n) is 13.1. The van der Waals surface area contributed by atoms with E-state index in [1.807, 2.05) is 24.6 Å². The Morgan fingerprint density at radius 3 is 2.50 bits per heavy atom. The SMILES string of the molecule is COc1c(C)nn(-c2cc(Nc3c(C)c(C45C6C7C8(C#N)C9C4C94C8C76C54)nn3CC3CC3)ncn2)c1C. The van der Waals surface area contributed by atoms with E-state index in [0.29, 0.717) is 28.5 Å². The second-order valence-electron chi connectivity index (χ2n) is 13.7. The molecule has 6 unspecified atom stereocenters. The van der Waals surface area contributed by atoms with Crippen LogP contribution in [0.15, 0.2) is 12.4 Å². The van der Waals surface area contributed by atoms with Crippen molar-refractivity contribution in [1.29, 1.82) is 5.26 Å². The van der Waals surface area contributed by atoms with E-state index in [2.05, 4.69) is 38.1 Å². The van der Waals surface area contributed by atoms with Crippen LogP contribution in [0.2, 0.25) is 0 Å². The number of aromatic nitrogens is 6. The van der Waals surface area contributed by atoms with Gasteiger partial charge in [0.15, 0.2) is 11.6 Å². The van der Waals surface area contributed by atoms with Crippen LogP contribution in [-0.4, -0.2) is 36.6 Å². The Bertz CT molecular complexity index is 1730. The molecule has 3 aromatic rings. The van der Waals surface area contributed by atoms with Crippen molar-refractivity contribution in [3.05, 3.63) is 35.0 Å². The third kappa shape index (κ3) is 1.40. The van der Waals surface area contributed by atoms with Crippen molar-refractivity contribution >= 4 is 11.6 Å².